The molecule has 0 saturated heterocycles. The van der Waals surface area contributed by atoms with Gasteiger partial charge in [-0.1, -0.05) is 30.3 Å². The fourth-order valence-corrected chi connectivity index (χ4v) is 3.07. The monoisotopic (exact) mass is 384 g/mol. The predicted molar refractivity (Wildman–Crippen MR) is 98.4 cm³/mol. The van der Waals surface area contributed by atoms with Crippen molar-refractivity contribution >= 4 is 29.3 Å². The number of ether oxygens (including phenoxy) is 1. The lowest BCUT2D eigenvalue weighted by atomic mass is 10.3. The maximum Gasteiger partial charge on any atom is 0.343 e. The third kappa shape index (κ3) is 5.82. The van der Waals surface area contributed by atoms with Crippen molar-refractivity contribution in [3.05, 3.63) is 39.8 Å². The minimum absolute atomic E-state index is 0.0526. The summed E-state index contributed by atoms with van der Waals surface area (Å²) in [6, 6.07) is 7.07. The van der Waals surface area contributed by atoms with Gasteiger partial charge in [0.1, 0.15) is 12.4 Å². The van der Waals surface area contributed by atoms with Crippen molar-refractivity contribution < 1.29 is 9.53 Å². The average molecular weight is 385 g/mol. The Morgan fingerprint density at radius 1 is 1.40 bits per heavy atom. The summed E-state index contributed by atoms with van der Waals surface area (Å²) >= 11 is 7.07. The summed E-state index contributed by atoms with van der Waals surface area (Å²) in [6.45, 7) is 3.41. The first-order valence-electron chi connectivity index (χ1n) is 7.91. The van der Waals surface area contributed by atoms with Gasteiger partial charge in [0.25, 0.3) is 0 Å². The minimum atomic E-state index is -0.249. The molecule has 25 heavy (non-hydrogen) atoms. The van der Waals surface area contributed by atoms with Crippen LogP contribution < -0.4 is 10.4 Å². The van der Waals surface area contributed by atoms with Crippen LogP contribution >= 0.6 is 23.4 Å². The first-order valence-corrected chi connectivity index (χ1v) is 9.28. The molecule has 0 saturated carbocycles. The molecule has 0 aliphatic heterocycles. The molecule has 2 aromatic rings. The molecule has 1 aromatic carbocycles. The van der Waals surface area contributed by atoms with Crippen molar-refractivity contribution in [2.24, 2.45) is 0 Å². The number of carbonyl (C=O) groups excluding carboxylic acids is 1. The molecule has 7 nitrogen and oxygen atoms in total. The molecule has 0 fully saturated rings. The van der Waals surface area contributed by atoms with Crippen LogP contribution in [0.1, 0.15) is 13.3 Å². The first kappa shape index (κ1) is 19.4. The van der Waals surface area contributed by atoms with E-state index in [4.69, 9.17) is 16.3 Å². The molecule has 0 aliphatic carbocycles. The lowest BCUT2D eigenvalue weighted by Crippen LogP contribution is -2.32. The molecule has 1 heterocycles. The van der Waals surface area contributed by atoms with Gasteiger partial charge < -0.3 is 9.64 Å². The topological polar surface area (TPSA) is 80.2 Å². The number of aromatic amines is 1. The fourth-order valence-electron chi connectivity index (χ4n) is 2.03. The number of amides is 1. The quantitative estimate of drug-likeness (QED) is 0.671. The highest BCUT2D eigenvalue weighted by Crippen LogP contribution is 2.16. The lowest BCUT2D eigenvalue weighted by molar-refractivity contribution is -0.127. The van der Waals surface area contributed by atoms with E-state index in [2.05, 4.69) is 10.2 Å². The van der Waals surface area contributed by atoms with Gasteiger partial charge >= 0.3 is 5.69 Å². The third-order valence-electron chi connectivity index (χ3n) is 3.43. The molecule has 1 N–H and O–H groups in total. The highest BCUT2D eigenvalue weighted by atomic mass is 35.5. The summed E-state index contributed by atoms with van der Waals surface area (Å²) in [6.07, 6.45) is 0.822. The number of benzene rings is 1. The van der Waals surface area contributed by atoms with Gasteiger partial charge in [-0.25, -0.2) is 9.89 Å². The van der Waals surface area contributed by atoms with E-state index in [1.54, 1.807) is 40.8 Å². The van der Waals surface area contributed by atoms with Gasteiger partial charge in [0.05, 0.1) is 12.3 Å². The van der Waals surface area contributed by atoms with Gasteiger partial charge in [-0.05, 0) is 30.7 Å². The summed E-state index contributed by atoms with van der Waals surface area (Å²) in [4.78, 5) is 25.4. The Hall–Kier alpha value is -1.93. The van der Waals surface area contributed by atoms with Crippen LogP contribution in [0.4, 0.5) is 0 Å². The smallest absolute Gasteiger partial charge is 0.343 e. The average Bonchev–Trinajstić information content (AvgIpc) is 2.95. The van der Waals surface area contributed by atoms with E-state index in [1.807, 2.05) is 6.92 Å². The zero-order chi connectivity index (χ0) is 18.2. The second-order valence-electron chi connectivity index (χ2n) is 5.37. The van der Waals surface area contributed by atoms with Crippen LogP contribution in [0.5, 0.6) is 5.75 Å². The number of hydrogen-bond acceptors (Lipinski definition) is 5. The Kier molecular flexibility index (Phi) is 7.39. The van der Waals surface area contributed by atoms with Gasteiger partial charge in [0.2, 0.25) is 5.91 Å². The van der Waals surface area contributed by atoms with E-state index in [0.717, 1.165) is 6.42 Å². The largest absolute Gasteiger partial charge is 0.492 e. The summed E-state index contributed by atoms with van der Waals surface area (Å²) < 4.78 is 7.12. The maximum atomic E-state index is 12.2. The van der Waals surface area contributed by atoms with Crippen LogP contribution in [0.2, 0.25) is 5.02 Å². The second kappa shape index (κ2) is 9.53. The number of nitrogens with one attached hydrogen (secondary N) is 1. The number of nitrogens with zero attached hydrogens (tertiary/aromatic N) is 3. The van der Waals surface area contributed by atoms with Crippen LogP contribution in [0.15, 0.2) is 34.2 Å². The standard InChI is InChI=1S/C16H21ClN4O3S/c1-3-8-21-15(23)18-19-16(21)25-11-14(22)20(2)9-10-24-13-6-4-12(17)5-7-13/h4-7H,3,8-11H2,1-2H3,(H,18,23). The SMILES string of the molecule is CCCn1c(SCC(=O)N(C)CCOc2ccc(Cl)cc2)n[nH]c1=O. The van der Waals surface area contributed by atoms with Crippen LogP contribution in [0.3, 0.4) is 0 Å². The zero-order valence-corrected chi connectivity index (χ0v) is 15.8. The minimum Gasteiger partial charge on any atom is -0.492 e. The molecule has 0 atom stereocenters. The van der Waals surface area contributed by atoms with E-state index >= 15 is 0 Å². The Balaban J connectivity index is 1.76. The summed E-state index contributed by atoms with van der Waals surface area (Å²) in [5.74, 6) is 0.869. The van der Waals surface area contributed by atoms with E-state index in [-0.39, 0.29) is 17.3 Å². The molecular formula is C16H21ClN4O3S. The van der Waals surface area contributed by atoms with E-state index < -0.39 is 0 Å². The number of thioether (sulfide) groups is 1. The molecule has 0 unspecified atom stereocenters. The number of aromatic nitrogens is 3. The Morgan fingerprint density at radius 2 is 2.12 bits per heavy atom. The molecule has 2 rings (SSSR count). The van der Waals surface area contributed by atoms with Crippen molar-refractivity contribution in [3.8, 4) is 5.75 Å². The Bertz CT molecular complexity index is 745. The van der Waals surface area contributed by atoms with E-state index in [1.165, 1.54) is 11.8 Å². The zero-order valence-electron chi connectivity index (χ0n) is 14.2. The number of halogens is 1. The summed E-state index contributed by atoms with van der Waals surface area (Å²) in [7, 11) is 1.72. The molecule has 0 aliphatic rings. The van der Waals surface area contributed by atoms with Gasteiger partial charge in [0, 0.05) is 18.6 Å². The van der Waals surface area contributed by atoms with Crippen molar-refractivity contribution in [1.29, 1.82) is 0 Å². The van der Waals surface area contributed by atoms with Gasteiger partial charge in [0.15, 0.2) is 5.16 Å². The molecular weight excluding hydrogens is 364 g/mol. The Labute approximate surface area is 155 Å². The van der Waals surface area contributed by atoms with Gasteiger partial charge in [-0.2, -0.15) is 0 Å². The molecule has 0 bridgehead atoms. The lowest BCUT2D eigenvalue weighted by Gasteiger charge is -2.17. The number of rotatable bonds is 9. The molecule has 1 aromatic heterocycles. The van der Waals surface area contributed by atoms with Crippen LogP contribution in [0.25, 0.3) is 0 Å². The highest BCUT2D eigenvalue weighted by Gasteiger charge is 2.13. The normalized spacial score (nSPS) is 10.7. The number of hydrogen-bond donors (Lipinski definition) is 1. The maximum absolute atomic E-state index is 12.2. The fraction of sp³-hybridized carbons (Fsp3) is 0.438. The summed E-state index contributed by atoms with van der Waals surface area (Å²) in [5, 5.41) is 7.55. The molecule has 9 heteroatoms. The first-order chi connectivity index (χ1) is 12.0. The second-order valence-corrected chi connectivity index (χ2v) is 6.75. The molecule has 136 valence electrons. The van der Waals surface area contributed by atoms with Crippen molar-refractivity contribution in [2.75, 3.05) is 26.0 Å². The highest BCUT2D eigenvalue weighted by molar-refractivity contribution is 7.99. The van der Waals surface area contributed by atoms with Crippen LogP contribution in [-0.4, -0.2) is 51.5 Å². The van der Waals surface area contributed by atoms with Gasteiger partial charge in [-0.15, -0.1) is 5.10 Å². The molecule has 1 amide bonds. The van der Waals surface area contributed by atoms with E-state index in [9.17, 15) is 9.59 Å². The summed E-state index contributed by atoms with van der Waals surface area (Å²) in [5.41, 5.74) is -0.249. The predicted octanol–water partition coefficient (Wildman–Crippen LogP) is 2.26. The third-order valence-corrected chi connectivity index (χ3v) is 4.64. The van der Waals surface area contributed by atoms with Crippen LogP contribution in [-0.2, 0) is 11.3 Å². The number of carbonyl (C=O) groups is 1. The molecule has 0 radical (unpaired) electrons. The number of H-pyrrole nitrogens is 1. The van der Waals surface area contributed by atoms with Gasteiger partial charge in [-0.3, -0.25) is 9.36 Å². The van der Waals surface area contributed by atoms with Crippen molar-refractivity contribution in [2.45, 2.75) is 25.0 Å². The van der Waals surface area contributed by atoms with Crippen LogP contribution in [0, 0.1) is 0 Å². The van der Waals surface area contributed by atoms with Crippen molar-refractivity contribution in [3.63, 3.8) is 0 Å². The number of likely N-dealkylation sites (N-methyl/N-ethyl adjacent to an activating group) is 1. The van der Waals surface area contributed by atoms with Crippen molar-refractivity contribution in [1.82, 2.24) is 19.7 Å². The van der Waals surface area contributed by atoms with E-state index in [0.29, 0.717) is 35.6 Å². The molecule has 0 spiro atoms. The Morgan fingerprint density at radius 3 is 2.80 bits per heavy atom.